The number of benzene rings is 1. The number of nitrogens with zero attached hydrogens (tertiary/aromatic N) is 5. The van der Waals surface area contributed by atoms with Crippen LogP contribution in [0.5, 0.6) is 0 Å². The van der Waals surface area contributed by atoms with Crippen molar-refractivity contribution < 1.29 is 9.32 Å². The van der Waals surface area contributed by atoms with Gasteiger partial charge in [-0.2, -0.15) is 5.10 Å². The predicted octanol–water partition coefficient (Wildman–Crippen LogP) is 2.44. The Labute approximate surface area is 158 Å². The molecule has 1 aliphatic heterocycles. The van der Waals surface area contributed by atoms with Gasteiger partial charge in [-0.05, 0) is 25.5 Å². The van der Waals surface area contributed by atoms with Gasteiger partial charge in [0.25, 0.3) is 5.91 Å². The summed E-state index contributed by atoms with van der Waals surface area (Å²) in [6, 6.07) is 9.96. The van der Waals surface area contributed by atoms with Gasteiger partial charge in [0.15, 0.2) is 0 Å². The highest BCUT2D eigenvalue weighted by molar-refractivity contribution is 5.93. The molecule has 2 aromatic heterocycles. The molecular formula is C20H23N5O2. The number of carbonyl (C=O) groups is 1. The summed E-state index contributed by atoms with van der Waals surface area (Å²) in [5.74, 6) is 0.858. The second kappa shape index (κ2) is 7.36. The summed E-state index contributed by atoms with van der Waals surface area (Å²) in [6.07, 6.45) is 3.47. The highest BCUT2D eigenvalue weighted by Crippen LogP contribution is 2.15. The molecule has 0 radical (unpaired) electrons. The Hall–Kier alpha value is -2.93. The number of para-hydroxylation sites is 1. The van der Waals surface area contributed by atoms with Crippen molar-refractivity contribution in [3.8, 4) is 5.69 Å². The predicted molar refractivity (Wildman–Crippen MR) is 101 cm³/mol. The molecule has 0 aliphatic carbocycles. The van der Waals surface area contributed by atoms with Gasteiger partial charge < -0.3 is 9.42 Å². The summed E-state index contributed by atoms with van der Waals surface area (Å²) in [6.45, 7) is 7.73. The van der Waals surface area contributed by atoms with E-state index < -0.39 is 0 Å². The van der Waals surface area contributed by atoms with Crippen molar-refractivity contribution in [2.45, 2.75) is 20.4 Å². The summed E-state index contributed by atoms with van der Waals surface area (Å²) in [5, 5.41) is 8.42. The molecule has 7 nitrogen and oxygen atoms in total. The van der Waals surface area contributed by atoms with Crippen molar-refractivity contribution in [3.05, 3.63) is 65.3 Å². The molecule has 140 valence electrons. The molecule has 0 N–H and O–H groups in total. The maximum Gasteiger partial charge on any atom is 0.257 e. The van der Waals surface area contributed by atoms with Gasteiger partial charge in [0, 0.05) is 45.0 Å². The van der Waals surface area contributed by atoms with Gasteiger partial charge in [0.05, 0.1) is 23.1 Å². The molecular weight excluding hydrogens is 342 g/mol. The Morgan fingerprint density at radius 2 is 1.93 bits per heavy atom. The molecule has 0 saturated carbocycles. The Balaban J connectivity index is 1.38. The van der Waals surface area contributed by atoms with E-state index in [0.29, 0.717) is 18.7 Å². The fourth-order valence-electron chi connectivity index (χ4n) is 3.40. The smallest absolute Gasteiger partial charge is 0.257 e. The van der Waals surface area contributed by atoms with Crippen LogP contribution in [-0.2, 0) is 6.54 Å². The van der Waals surface area contributed by atoms with E-state index in [9.17, 15) is 4.79 Å². The van der Waals surface area contributed by atoms with Crippen molar-refractivity contribution >= 4 is 5.91 Å². The lowest BCUT2D eigenvalue weighted by molar-refractivity contribution is 0.0625. The summed E-state index contributed by atoms with van der Waals surface area (Å²) < 4.78 is 6.89. The van der Waals surface area contributed by atoms with Crippen LogP contribution in [0, 0.1) is 13.8 Å². The highest BCUT2D eigenvalue weighted by atomic mass is 16.5. The third-order valence-corrected chi connectivity index (χ3v) is 4.91. The molecule has 0 atom stereocenters. The summed E-state index contributed by atoms with van der Waals surface area (Å²) >= 11 is 0. The number of amides is 1. The van der Waals surface area contributed by atoms with Gasteiger partial charge in [0.2, 0.25) is 0 Å². The Morgan fingerprint density at radius 1 is 1.15 bits per heavy atom. The third kappa shape index (κ3) is 3.78. The van der Waals surface area contributed by atoms with E-state index in [1.165, 1.54) is 0 Å². The van der Waals surface area contributed by atoms with Crippen LogP contribution in [0.25, 0.3) is 5.69 Å². The third-order valence-electron chi connectivity index (χ3n) is 4.91. The monoisotopic (exact) mass is 365 g/mol. The van der Waals surface area contributed by atoms with E-state index in [2.05, 4.69) is 15.2 Å². The van der Waals surface area contributed by atoms with E-state index >= 15 is 0 Å². The van der Waals surface area contributed by atoms with Crippen molar-refractivity contribution in [1.29, 1.82) is 0 Å². The second-order valence-electron chi connectivity index (χ2n) is 6.96. The van der Waals surface area contributed by atoms with Crippen LogP contribution in [0.4, 0.5) is 0 Å². The van der Waals surface area contributed by atoms with Gasteiger partial charge in [0.1, 0.15) is 5.76 Å². The van der Waals surface area contributed by atoms with E-state index in [1.54, 1.807) is 10.9 Å². The van der Waals surface area contributed by atoms with Crippen LogP contribution in [0.15, 0.2) is 47.2 Å². The number of piperazine rings is 1. The molecule has 3 aromatic rings. The van der Waals surface area contributed by atoms with Crippen molar-refractivity contribution in [1.82, 2.24) is 24.7 Å². The quantitative estimate of drug-likeness (QED) is 0.710. The molecule has 4 rings (SSSR count). The fraction of sp³-hybridized carbons (Fsp3) is 0.350. The van der Waals surface area contributed by atoms with Crippen LogP contribution in [0.1, 0.15) is 27.4 Å². The van der Waals surface area contributed by atoms with Crippen LogP contribution in [0.2, 0.25) is 0 Å². The zero-order chi connectivity index (χ0) is 18.8. The number of hydrogen-bond donors (Lipinski definition) is 0. The lowest BCUT2D eigenvalue weighted by atomic mass is 10.2. The van der Waals surface area contributed by atoms with Crippen molar-refractivity contribution in [2.24, 2.45) is 0 Å². The zero-order valence-corrected chi connectivity index (χ0v) is 15.6. The molecule has 1 saturated heterocycles. The molecule has 7 heteroatoms. The Kier molecular flexibility index (Phi) is 4.77. The van der Waals surface area contributed by atoms with Gasteiger partial charge >= 0.3 is 0 Å². The topological polar surface area (TPSA) is 67.4 Å². The standard InChI is InChI=1S/C20H23N5O2/c1-15-5-3-4-6-19(15)25-13-17(12-21-25)20(26)24-9-7-23(8-10-24)14-18-11-16(2)27-22-18/h3-6,11-13H,7-10,14H2,1-2H3. The number of aromatic nitrogens is 3. The molecule has 3 heterocycles. The first-order valence-corrected chi connectivity index (χ1v) is 9.14. The van der Waals surface area contributed by atoms with E-state index in [-0.39, 0.29) is 5.91 Å². The Morgan fingerprint density at radius 3 is 2.63 bits per heavy atom. The molecule has 0 unspecified atom stereocenters. The van der Waals surface area contributed by atoms with Crippen molar-refractivity contribution in [2.75, 3.05) is 26.2 Å². The van der Waals surface area contributed by atoms with Crippen LogP contribution < -0.4 is 0 Å². The van der Waals surface area contributed by atoms with E-state index in [4.69, 9.17) is 4.52 Å². The minimum Gasteiger partial charge on any atom is -0.361 e. The molecule has 1 aromatic carbocycles. The second-order valence-corrected chi connectivity index (χ2v) is 6.96. The van der Waals surface area contributed by atoms with Gasteiger partial charge in [-0.3, -0.25) is 9.69 Å². The largest absolute Gasteiger partial charge is 0.361 e. The maximum atomic E-state index is 12.8. The molecule has 0 bridgehead atoms. The molecule has 1 amide bonds. The number of aryl methyl sites for hydroxylation is 2. The first-order valence-electron chi connectivity index (χ1n) is 9.14. The summed E-state index contributed by atoms with van der Waals surface area (Å²) in [5.41, 5.74) is 3.67. The lowest BCUT2D eigenvalue weighted by Gasteiger charge is -2.34. The molecule has 0 spiro atoms. The minimum absolute atomic E-state index is 0.0340. The average Bonchev–Trinajstić information content (AvgIpc) is 3.31. The van der Waals surface area contributed by atoms with Crippen molar-refractivity contribution in [3.63, 3.8) is 0 Å². The summed E-state index contributed by atoms with van der Waals surface area (Å²) in [7, 11) is 0. The average molecular weight is 365 g/mol. The van der Waals surface area contributed by atoms with Crippen LogP contribution >= 0.6 is 0 Å². The van der Waals surface area contributed by atoms with Gasteiger partial charge in [-0.25, -0.2) is 4.68 Å². The fourth-order valence-corrected chi connectivity index (χ4v) is 3.40. The Bertz CT molecular complexity index is 937. The molecule has 1 aliphatic rings. The lowest BCUT2D eigenvalue weighted by Crippen LogP contribution is -2.48. The number of rotatable bonds is 4. The van der Waals surface area contributed by atoms with Crippen LogP contribution in [0.3, 0.4) is 0 Å². The maximum absolute atomic E-state index is 12.8. The normalized spacial score (nSPS) is 15.3. The molecule has 27 heavy (non-hydrogen) atoms. The number of hydrogen-bond acceptors (Lipinski definition) is 5. The first-order chi connectivity index (χ1) is 13.1. The van der Waals surface area contributed by atoms with Gasteiger partial charge in [-0.1, -0.05) is 23.4 Å². The summed E-state index contributed by atoms with van der Waals surface area (Å²) in [4.78, 5) is 17.0. The highest BCUT2D eigenvalue weighted by Gasteiger charge is 2.23. The van der Waals surface area contributed by atoms with E-state index in [1.807, 2.05) is 55.3 Å². The van der Waals surface area contributed by atoms with Gasteiger partial charge in [-0.15, -0.1) is 0 Å². The van der Waals surface area contributed by atoms with Crippen LogP contribution in [-0.4, -0.2) is 56.8 Å². The zero-order valence-electron chi connectivity index (χ0n) is 15.6. The van der Waals surface area contributed by atoms with E-state index in [0.717, 1.165) is 42.3 Å². The first kappa shape index (κ1) is 17.5. The number of carbonyl (C=O) groups excluding carboxylic acids is 1. The SMILES string of the molecule is Cc1cc(CN2CCN(C(=O)c3cnn(-c4ccccc4C)c3)CC2)no1. The minimum atomic E-state index is 0.0340. The molecule has 1 fully saturated rings.